The van der Waals surface area contributed by atoms with Crippen LogP contribution in [0.15, 0.2) is 88.2 Å². The number of carbonyl (C=O) groups excluding carboxylic acids is 2. The van der Waals surface area contributed by atoms with Gasteiger partial charge in [0.25, 0.3) is 10.0 Å². The molecular weight excluding hydrogens is 578 g/mol. The fourth-order valence-corrected chi connectivity index (χ4v) is 5.65. The second-order valence-corrected chi connectivity index (χ2v) is 11.6. The molecule has 1 N–H and O–H groups in total. The summed E-state index contributed by atoms with van der Waals surface area (Å²) in [7, 11) is -4.12. The summed E-state index contributed by atoms with van der Waals surface area (Å²) in [6.45, 7) is 3.69. The van der Waals surface area contributed by atoms with Crippen LogP contribution < -0.4 is 9.62 Å². The first-order valence-corrected chi connectivity index (χ1v) is 14.4. The monoisotopic (exact) mass is 605 g/mol. The van der Waals surface area contributed by atoms with E-state index in [4.69, 9.17) is 11.6 Å². The van der Waals surface area contributed by atoms with E-state index in [1.165, 1.54) is 29.2 Å². The van der Waals surface area contributed by atoms with E-state index in [0.717, 1.165) is 20.8 Å². The van der Waals surface area contributed by atoms with Gasteiger partial charge < -0.3 is 10.2 Å². The molecule has 0 aliphatic heterocycles. The van der Waals surface area contributed by atoms with E-state index < -0.39 is 28.5 Å². The molecule has 0 aromatic heterocycles. The Morgan fingerprint density at radius 1 is 1.00 bits per heavy atom. The van der Waals surface area contributed by atoms with Crippen LogP contribution in [0.3, 0.4) is 0 Å². The van der Waals surface area contributed by atoms with Crippen LogP contribution in [0.4, 0.5) is 5.69 Å². The number of amides is 2. The maximum atomic E-state index is 13.8. The van der Waals surface area contributed by atoms with Gasteiger partial charge in [0, 0.05) is 22.6 Å². The van der Waals surface area contributed by atoms with Crippen molar-refractivity contribution >= 4 is 55.1 Å². The topological polar surface area (TPSA) is 86.8 Å². The molecule has 3 aromatic rings. The molecule has 0 saturated heterocycles. The van der Waals surface area contributed by atoms with Gasteiger partial charge in [-0.3, -0.25) is 13.9 Å². The third kappa shape index (κ3) is 7.56. The lowest BCUT2D eigenvalue weighted by atomic mass is 10.1. The van der Waals surface area contributed by atoms with Crippen LogP contribution in [-0.2, 0) is 26.2 Å². The standard InChI is InChI=1S/C27H29BrClN3O4S/c1-3-16-30-27(34)20(2)31(18-21-8-7-9-22(28)17-21)26(33)19-32(24-10-5-4-6-11-24)37(35,36)25-14-12-23(29)13-15-25/h4-15,17,20H,3,16,18-19H2,1-2H3,(H,30,34)/t20-/m1/s1. The normalized spacial score (nSPS) is 12.0. The van der Waals surface area contributed by atoms with Crippen LogP contribution in [-0.4, -0.2) is 44.3 Å². The Labute approximate surface area is 231 Å². The van der Waals surface area contributed by atoms with Gasteiger partial charge in [-0.25, -0.2) is 8.42 Å². The molecule has 0 aliphatic rings. The second-order valence-electron chi connectivity index (χ2n) is 8.42. The van der Waals surface area contributed by atoms with Crippen molar-refractivity contribution in [3.05, 3.63) is 93.9 Å². The van der Waals surface area contributed by atoms with Gasteiger partial charge in [0.2, 0.25) is 11.8 Å². The summed E-state index contributed by atoms with van der Waals surface area (Å²) in [5.41, 5.74) is 1.13. The Kier molecular flexibility index (Phi) is 10.1. The molecule has 3 rings (SSSR count). The number of halogens is 2. The molecule has 0 bridgehead atoms. The fourth-order valence-electron chi connectivity index (χ4n) is 3.67. The summed E-state index contributed by atoms with van der Waals surface area (Å²) < 4.78 is 29.2. The maximum Gasteiger partial charge on any atom is 0.264 e. The van der Waals surface area contributed by atoms with Crippen LogP contribution in [0.2, 0.25) is 5.02 Å². The van der Waals surface area contributed by atoms with Gasteiger partial charge in [0.05, 0.1) is 10.6 Å². The predicted molar refractivity (Wildman–Crippen MR) is 150 cm³/mol. The molecule has 196 valence electrons. The fraction of sp³-hybridized carbons (Fsp3) is 0.259. The molecule has 7 nitrogen and oxygen atoms in total. The molecule has 10 heteroatoms. The average molecular weight is 607 g/mol. The van der Waals surface area contributed by atoms with Crippen LogP contribution in [0.5, 0.6) is 0 Å². The van der Waals surface area contributed by atoms with E-state index in [2.05, 4.69) is 21.2 Å². The zero-order valence-corrected chi connectivity index (χ0v) is 23.8. The van der Waals surface area contributed by atoms with Crippen LogP contribution in [0.1, 0.15) is 25.8 Å². The van der Waals surface area contributed by atoms with E-state index in [-0.39, 0.29) is 17.3 Å². The average Bonchev–Trinajstić information content (AvgIpc) is 2.89. The van der Waals surface area contributed by atoms with Gasteiger partial charge in [0.1, 0.15) is 12.6 Å². The van der Waals surface area contributed by atoms with Crippen molar-refractivity contribution in [1.82, 2.24) is 10.2 Å². The third-order valence-electron chi connectivity index (χ3n) is 5.68. The largest absolute Gasteiger partial charge is 0.354 e. The molecule has 1 atom stereocenters. The van der Waals surface area contributed by atoms with Gasteiger partial charge in [-0.05, 0) is 67.4 Å². The van der Waals surface area contributed by atoms with E-state index in [1.807, 2.05) is 31.2 Å². The second kappa shape index (κ2) is 13.1. The number of hydrogen-bond acceptors (Lipinski definition) is 4. The lowest BCUT2D eigenvalue weighted by Gasteiger charge is -2.32. The first kappa shape index (κ1) is 28.7. The third-order valence-corrected chi connectivity index (χ3v) is 8.22. The molecule has 0 saturated carbocycles. The van der Waals surface area contributed by atoms with Crippen LogP contribution in [0, 0.1) is 0 Å². The molecule has 3 aromatic carbocycles. The maximum absolute atomic E-state index is 13.8. The van der Waals surface area contributed by atoms with Crippen molar-refractivity contribution in [2.24, 2.45) is 0 Å². The minimum Gasteiger partial charge on any atom is -0.354 e. The Morgan fingerprint density at radius 2 is 1.68 bits per heavy atom. The van der Waals surface area contributed by atoms with Gasteiger partial charge in [0.15, 0.2) is 0 Å². The molecule has 2 amide bonds. The molecule has 0 heterocycles. The number of nitrogens with one attached hydrogen (secondary N) is 1. The molecule has 0 unspecified atom stereocenters. The molecule has 0 radical (unpaired) electrons. The Balaban J connectivity index is 1.99. The smallest absolute Gasteiger partial charge is 0.264 e. The van der Waals surface area contributed by atoms with Gasteiger partial charge >= 0.3 is 0 Å². The number of nitrogens with zero attached hydrogens (tertiary/aromatic N) is 2. The van der Waals surface area contributed by atoms with E-state index in [0.29, 0.717) is 17.3 Å². The first-order chi connectivity index (χ1) is 17.6. The highest BCUT2D eigenvalue weighted by Gasteiger charge is 2.32. The minimum atomic E-state index is -4.12. The van der Waals surface area contributed by atoms with Gasteiger partial charge in [-0.1, -0.05) is 64.8 Å². The number of sulfonamides is 1. The lowest BCUT2D eigenvalue weighted by Crippen LogP contribution is -2.51. The predicted octanol–water partition coefficient (Wildman–Crippen LogP) is 5.24. The number of benzene rings is 3. The van der Waals surface area contributed by atoms with Crippen molar-refractivity contribution in [2.75, 3.05) is 17.4 Å². The van der Waals surface area contributed by atoms with Crippen LogP contribution >= 0.6 is 27.5 Å². The Bertz CT molecular complexity index is 1320. The zero-order chi connectivity index (χ0) is 27.0. The number of para-hydroxylation sites is 1. The zero-order valence-electron chi connectivity index (χ0n) is 20.6. The highest BCUT2D eigenvalue weighted by Crippen LogP contribution is 2.25. The van der Waals surface area contributed by atoms with Gasteiger partial charge in [-0.15, -0.1) is 0 Å². The van der Waals surface area contributed by atoms with E-state index >= 15 is 0 Å². The van der Waals surface area contributed by atoms with E-state index in [1.54, 1.807) is 37.3 Å². The quantitative estimate of drug-likeness (QED) is 0.323. The SMILES string of the molecule is CCCNC(=O)[C@@H](C)N(Cc1cccc(Br)c1)C(=O)CN(c1ccccc1)S(=O)(=O)c1ccc(Cl)cc1. The summed E-state index contributed by atoms with van der Waals surface area (Å²) in [5, 5.41) is 3.22. The number of hydrogen-bond donors (Lipinski definition) is 1. The van der Waals surface area contributed by atoms with Gasteiger partial charge in [-0.2, -0.15) is 0 Å². The summed E-state index contributed by atoms with van der Waals surface area (Å²) in [6, 6.07) is 20.8. The Hall–Kier alpha value is -2.88. The summed E-state index contributed by atoms with van der Waals surface area (Å²) in [6.07, 6.45) is 0.749. The van der Waals surface area contributed by atoms with Crippen molar-refractivity contribution in [3.63, 3.8) is 0 Å². The highest BCUT2D eigenvalue weighted by molar-refractivity contribution is 9.10. The molecule has 0 spiro atoms. The molecule has 0 fully saturated rings. The number of carbonyl (C=O) groups is 2. The first-order valence-electron chi connectivity index (χ1n) is 11.8. The lowest BCUT2D eigenvalue weighted by molar-refractivity contribution is -0.139. The molecular formula is C27H29BrClN3O4S. The Morgan fingerprint density at radius 3 is 2.30 bits per heavy atom. The molecule has 37 heavy (non-hydrogen) atoms. The van der Waals surface area contributed by atoms with Crippen LogP contribution in [0.25, 0.3) is 0 Å². The summed E-state index contributed by atoms with van der Waals surface area (Å²) >= 11 is 9.40. The van der Waals surface area contributed by atoms with Crippen molar-refractivity contribution in [2.45, 2.75) is 37.8 Å². The number of rotatable bonds is 11. The summed E-state index contributed by atoms with van der Waals surface area (Å²) in [5.74, 6) is -0.822. The number of anilines is 1. The van der Waals surface area contributed by atoms with Crippen molar-refractivity contribution < 1.29 is 18.0 Å². The van der Waals surface area contributed by atoms with Crippen molar-refractivity contribution in [1.29, 1.82) is 0 Å². The molecule has 0 aliphatic carbocycles. The highest BCUT2D eigenvalue weighted by atomic mass is 79.9. The minimum absolute atomic E-state index is 0.000769. The van der Waals surface area contributed by atoms with E-state index in [9.17, 15) is 18.0 Å². The van der Waals surface area contributed by atoms with Crippen molar-refractivity contribution in [3.8, 4) is 0 Å². The summed E-state index contributed by atoms with van der Waals surface area (Å²) in [4.78, 5) is 28.0.